The lowest BCUT2D eigenvalue weighted by Gasteiger charge is -2.18. The molecule has 20 heavy (non-hydrogen) atoms. The average Bonchev–Trinajstić information content (AvgIpc) is 2.45. The summed E-state index contributed by atoms with van der Waals surface area (Å²) in [5.41, 5.74) is 6.51. The Labute approximate surface area is 127 Å². The zero-order valence-corrected chi connectivity index (χ0v) is 13.0. The van der Waals surface area contributed by atoms with E-state index in [9.17, 15) is 0 Å². The van der Waals surface area contributed by atoms with E-state index in [1.807, 2.05) is 37.4 Å². The number of hydrogen-bond acceptors (Lipinski definition) is 5. The van der Waals surface area contributed by atoms with Crippen molar-refractivity contribution < 1.29 is 0 Å². The number of nitrogens with two attached hydrogens (primary N) is 1. The molecule has 0 amide bonds. The van der Waals surface area contributed by atoms with Crippen LogP contribution in [0.2, 0.25) is 0 Å². The Kier molecular flexibility index (Phi) is 5.31. The summed E-state index contributed by atoms with van der Waals surface area (Å²) in [5, 5.41) is 3.26. The smallest absolute Gasteiger partial charge is 0.135 e. The van der Waals surface area contributed by atoms with Gasteiger partial charge in [-0.15, -0.1) is 0 Å². The Hall–Kier alpha value is -1.66. The second-order valence-corrected chi connectivity index (χ2v) is 5.38. The first kappa shape index (κ1) is 14.7. The molecule has 0 atom stereocenters. The van der Waals surface area contributed by atoms with Crippen molar-refractivity contribution in [3.05, 3.63) is 41.1 Å². The van der Waals surface area contributed by atoms with Crippen LogP contribution in [0, 0.1) is 0 Å². The fourth-order valence-electron chi connectivity index (χ4n) is 1.78. The number of aromatic nitrogens is 2. The maximum atomic E-state index is 5.52. The molecule has 0 saturated carbocycles. The molecule has 6 heteroatoms. The van der Waals surface area contributed by atoms with Gasteiger partial charge in [0.2, 0.25) is 0 Å². The van der Waals surface area contributed by atoms with Gasteiger partial charge in [0.25, 0.3) is 0 Å². The van der Waals surface area contributed by atoms with Gasteiger partial charge in [-0.2, -0.15) is 0 Å². The van der Waals surface area contributed by atoms with E-state index < -0.39 is 0 Å². The maximum absolute atomic E-state index is 5.52. The lowest BCUT2D eigenvalue weighted by atomic mass is 10.3. The van der Waals surface area contributed by atoms with Crippen LogP contribution in [-0.2, 0) is 0 Å². The van der Waals surface area contributed by atoms with Gasteiger partial charge in [-0.05, 0) is 31.2 Å². The van der Waals surface area contributed by atoms with Crippen LogP contribution in [0.25, 0.3) is 0 Å². The van der Waals surface area contributed by atoms with Crippen LogP contribution < -0.4 is 16.0 Å². The Balaban J connectivity index is 2.09. The quantitative estimate of drug-likeness (QED) is 0.849. The largest absolute Gasteiger partial charge is 0.359 e. The summed E-state index contributed by atoms with van der Waals surface area (Å²) in [5.74, 6) is 1.65. The van der Waals surface area contributed by atoms with Gasteiger partial charge in [0.1, 0.15) is 18.0 Å². The van der Waals surface area contributed by atoms with Gasteiger partial charge in [-0.25, -0.2) is 9.97 Å². The second-order valence-electron chi connectivity index (χ2n) is 4.46. The summed E-state index contributed by atoms with van der Waals surface area (Å²) in [4.78, 5) is 10.6. The van der Waals surface area contributed by atoms with Gasteiger partial charge in [-0.1, -0.05) is 22.0 Å². The van der Waals surface area contributed by atoms with Crippen molar-refractivity contribution in [1.82, 2.24) is 9.97 Å². The van der Waals surface area contributed by atoms with Gasteiger partial charge < -0.3 is 16.0 Å². The van der Waals surface area contributed by atoms with E-state index >= 15 is 0 Å². The van der Waals surface area contributed by atoms with Crippen molar-refractivity contribution >= 4 is 33.3 Å². The van der Waals surface area contributed by atoms with E-state index in [4.69, 9.17) is 5.73 Å². The Morgan fingerprint density at radius 2 is 2.15 bits per heavy atom. The van der Waals surface area contributed by atoms with Crippen LogP contribution in [-0.4, -0.2) is 30.1 Å². The van der Waals surface area contributed by atoms with Crippen molar-refractivity contribution in [1.29, 1.82) is 0 Å². The molecule has 0 aliphatic rings. The molecule has 0 fully saturated rings. The molecule has 0 saturated heterocycles. The number of halogens is 1. The third kappa shape index (κ3) is 4.18. The van der Waals surface area contributed by atoms with Crippen molar-refractivity contribution in [2.75, 3.05) is 30.4 Å². The predicted molar refractivity (Wildman–Crippen MR) is 86.4 cm³/mol. The topological polar surface area (TPSA) is 67.1 Å². The summed E-state index contributed by atoms with van der Waals surface area (Å²) >= 11 is 3.45. The highest BCUT2D eigenvalue weighted by Gasteiger charge is 2.04. The summed E-state index contributed by atoms with van der Waals surface area (Å²) in [6.07, 6.45) is 2.50. The molecular weight excluding hydrogens is 318 g/mol. The first-order valence-corrected chi connectivity index (χ1v) is 7.24. The maximum Gasteiger partial charge on any atom is 0.135 e. The molecule has 0 aliphatic heterocycles. The number of nitrogens with zero attached hydrogens (tertiary/aromatic N) is 3. The molecular formula is C14H18BrN5. The second kappa shape index (κ2) is 7.21. The van der Waals surface area contributed by atoms with Crippen LogP contribution in [0.3, 0.4) is 0 Å². The summed E-state index contributed by atoms with van der Waals surface area (Å²) in [6, 6.07) is 9.88. The van der Waals surface area contributed by atoms with E-state index in [0.717, 1.165) is 34.8 Å². The van der Waals surface area contributed by atoms with Gasteiger partial charge in [-0.3, -0.25) is 0 Å². The lowest BCUT2D eigenvalue weighted by molar-refractivity contribution is 0.785. The monoisotopic (exact) mass is 335 g/mol. The van der Waals surface area contributed by atoms with Crippen LogP contribution in [0.15, 0.2) is 41.1 Å². The number of benzene rings is 1. The zero-order chi connectivity index (χ0) is 14.4. The van der Waals surface area contributed by atoms with E-state index in [-0.39, 0.29) is 0 Å². The summed E-state index contributed by atoms with van der Waals surface area (Å²) in [7, 11) is 2.00. The van der Waals surface area contributed by atoms with E-state index in [1.165, 1.54) is 0 Å². The highest BCUT2D eigenvalue weighted by Crippen LogP contribution is 2.20. The SMILES string of the molecule is CN(CCCN)c1cc(Nc2cccc(Br)c2)ncn1. The normalized spacial score (nSPS) is 10.3. The molecule has 106 valence electrons. The molecule has 0 aliphatic carbocycles. The first-order valence-electron chi connectivity index (χ1n) is 6.45. The van der Waals surface area contributed by atoms with Gasteiger partial charge in [0.15, 0.2) is 0 Å². The first-order chi connectivity index (χ1) is 9.69. The number of anilines is 3. The third-order valence-electron chi connectivity index (χ3n) is 2.84. The molecule has 0 radical (unpaired) electrons. The summed E-state index contributed by atoms with van der Waals surface area (Å²) in [6.45, 7) is 1.56. The number of rotatable bonds is 6. The fourth-order valence-corrected chi connectivity index (χ4v) is 2.18. The van der Waals surface area contributed by atoms with Gasteiger partial charge in [0.05, 0.1) is 0 Å². The Morgan fingerprint density at radius 1 is 1.30 bits per heavy atom. The third-order valence-corrected chi connectivity index (χ3v) is 3.33. The van der Waals surface area contributed by atoms with Crippen LogP contribution >= 0.6 is 15.9 Å². The van der Waals surface area contributed by atoms with Crippen molar-refractivity contribution in [2.24, 2.45) is 5.73 Å². The molecule has 1 heterocycles. The minimum atomic E-state index is 0.679. The average molecular weight is 336 g/mol. The standard InChI is InChI=1S/C14H18BrN5/c1-20(7-3-6-16)14-9-13(17-10-18-14)19-12-5-2-4-11(15)8-12/h2,4-5,8-10H,3,6-7,16H2,1H3,(H,17,18,19). The molecule has 0 bridgehead atoms. The molecule has 3 N–H and O–H groups in total. The Bertz CT molecular complexity index is 561. The van der Waals surface area contributed by atoms with Crippen LogP contribution in [0.5, 0.6) is 0 Å². The molecule has 0 unspecified atom stereocenters. The number of nitrogens with one attached hydrogen (secondary N) is 1. The highest BCUT2D eigenvalue weighted by molar-refractivity contribution is 9.10. The van der Waals surface area contributed by atoms with Crippen LogP contribution in [0.4, 0.5) is 17.3 Å². The Morgan fingerprint density at radius 3 is 2.90 bits per heavy atom. The lowest BCUT2D eigenvalue weighted by Crippen LogP contribution is -2.22. The molecule has 0 spiro atoms. The molecule has 2 aromatic rings. The molecule has 1 aromatic heterocycles. The molecule has 2 rings (SSSR count). The van der Waals surface area contributed by atoms with E-state index in [2.05, 4.69) is 36.1 Å². The predicted octanol–water partition coefficient (Wildman–Crippen LogP) is 2.77. The highest BCUT2D eigenvalue weighted by atomic mass is 79.9. The van der Waals surface area contributed by atoms with Gasteiger partial charge >= 0.3 is 0 Å². The van der Waals surface area contributed by atoms with E-state index in [1.54, 1.807) is 6.33 Å². The van der Waals surface area contributed by atoms with Crippen molar-refractivity contribution in [3.8, 4) is 0 Å². The minimum Gasteiger partial charge on any atom is -0.359 e. The van der Waals surface area contributed by atoms with Crippen molar-refractivity contribution in [2.45, 2.75) is 6.42 Å². The minimum absolute atomic E-state index is 0.679. The van der Waals surface area contributed by atoms with Crippen molar-refractivity contribution in [3.63, 3.8) is 0 Å². The molecule has 5 nitrogen and oxygen atoms in total. The molecule has 1 aromatic carbocycles. The fraction of sp³-hybridized carbons (Fsp3) is 0.286. The zero-order valence-electron chi connectivity index (χ0n) is 11.4. The summed E-state index contributed by atoms with van der Waals surface area (Å²) < 4.78 is 1.02. The van der Waals surface area contributed by atoms with Crippen LogP contribution in [0.1, 0.15) is 6.42 Å². The van der Waals surface area contributed by atoms with E-state index in [0.29, 0.717) is 6.54 Å². The van der Waals surface area contributed by atoms with Gasteiger partial charge in [0, 0.05) is 29.8 Å². The number of hydrogen-bond donors (Lipinski definition) is 2.